The van der Waals surface area contributed by atoms with Crippen LogP contribution in [0.1, 0.15) is 5.56 Å². The average Bonchev–Trinajstić information content (AvgIpc) is 2.59. The van der Waals surface area contributed by atoms with E-state index in [-0.39, 0.29) is 5.82 Å². The summed E-state index contributed by atoms with van der Waals surface area (Å²) in [5, 5.41) is 7.43. The maximum atomic E-state index is 13.2. The van der Waals surface area contributed by atoms with Gasteiger partial charge < -0.3 is 5.73 Å². The van der Waals surface area contributed by atoms with Crippen LogP contribution in [0.25, 0.3) is 0 Å². The first-order chi connectivity index (χ1) is 7.16. The first kappa shape index (κ1) is 10.1. The van der Waals surface area contributed by atoms with E-state index in [2.05, 4.69) is 26.2 Å². The Labute approximate surface area is 94.0 Å². The van der Waals surface area contributed by atoms with Crippen molar-refractivity contribution < 1.29 is 4.39 Å². The topological polar surface area (TPSA) is 56.7 Å². The van der Waals surface area contributed by atoms with E-state index in [9.17, 15) is 4.39 Å². The van der Waals surface area contributed by atoms with Gasteiger partial charge in [0.2, 0.25) is 0 Å². The molecule has 0 aliphatic carbocycles. The number of nitrogens with two attached hydrogens (primary N) is 1. The molecule has 0 aliphatic heterocycles. The Bertz CT molecular complexity index is 483. The molecule has 2 N–H and O–H groups in total. The molecule has 1 heterocycles. The van der Waals surface area contributed by atoms with Crippen LogP contribution in [0.2, 0.25) is 0 Å². The highest BCUT2D eigenvalue weighted by atomic mass is 79.9. The van der Waals surface area contributed by atoms with Crippen molar-refractivity contribution in [3.8, 4) is 0 Å². The molecule has 0 unspecified atom stereocenters. The molecule has 0 aliphatic rings. The highest BCUT2D eigenvalue weighted by Gasteiger charge is 2.06. The van der Waals surface area contributed by atoms with E-state index >= 15 is 0 Å². The third-order valence-electron chi connectivity index (χ3n) is 1.92. The van der Waals surface area contributed by atoms with Crippen LogP contribution >= 0.6 is 15.9 Å². The largest absolute Gasteiger partial charge is 0.381 e. The van der Waals surface area contributed by atoms with Crippen LogP contribution in [-0.2, 0) is 6.54 Å². The lowest BCUT2D eigenvalue weighted by atomic mass is 10.2. The molecular weight excluding hydrogens is 263 g/mol. The molecule has 1 aromatic carbocycles. The molecule has 6 heteroatoms. The Balaban J connectivity index is 2.28. The predicted molar refractivity (Wildman–Crippen MR) is 57.6 cm³/mol. The Morgan fingerprint density at radius 3 is 2.93 bits per heavy atom. The van der Waals surface area contributed by atoms with Gasteiger partial charge in [-0.3, -0.25) is 0 Å². The van der Waals surface area contributed by atoms with E-state index in [0.717, 1.165) is 5.56 Å². The molecule has 0 atom stereocenters. The molecule has 0 spiro atoms. The van der Waals surface area contributed by atoms with Gasteiger partial charge in [0.15, 0.2) is 5.82 Å². The van der Waals surface area contributed by atoms with Gasteiger partial charge in [-0.15, -0.1) is 5.10 Å². The minimum absolute atomic E-state index is 0.291. The minimum atomic E-state index is -0.291. The summed E-state index contributed by atoms with van der Waals surface area (Å²) in [7, 11) is 0. The van der Waals surface area contributed by atoms with Gasteiger partial charge in [0, 0.05) is 0 Å². The molecule has 78 valence electrons. The average molecular weight is 271 g/mol. The number of rotatable bonds is 2. The SMILES string of the molecule is Nc1cn(Cc2cccc(F)c2Br)nn1. The standard InChI is InChI=1S/C9H8BrFN4/c10-9-6(2-1-3-7(9)11)4-15-5-8(12)13-14-15/h1-3,5H,4,12H2. The highest BCUT2D eigenvalue weighted by molar-refractivity contribution is 9.10. The first-order valence-corrected chi connectivity index (χ1v) is 5.04. The van der Waals surface area contributed by atoms with Gasteiger partial charge in [-0.05, 0) is 27.6 Å². The molecule has 0 amide bonds. The fourth-order valence-electron chi connectivity index (χ4n) is 1.24. The van der Waals surface area contributed by atoms with Crippen LogP contribution < -0.4 is 5.73 Å². The number of nitrogens with zero attached hydrogens (tertiary/aromatic N) is 3. The molecule has 2 aromatic rings. The molecule has 0 fully saturated rings. The summed E-state index contributed by atoms with van der Waals surface area (Å²) in [5.74, 6) is 0.0584. The third-order valence-corrected chi connectivity index (χ3v) is 2.81. The first-order valence-electron chi connectivity index (χ1n) is 4.25. The van der Waals surface area contributed by atoms with E-state index in [1.165, 1.54) is 6.07 Å². The third kappa shape index (κ3) is 2.15. The van der Waals surface area contributed by atoms with E-state index in [1.807, 2.05) is 6.07 Å². The van der Waals surface area contributed by atoms with Crippen molar-refractivity contribution >= 4 is 21.7 Å². The van der Waals surface area contributed by atoms with Crippen LogP contribution in [0.5, 0.6) is 0 Å². The summed E-state index contributed by atoms with van der Waals surface area (Å²) in [6.07, 6.45) is 1.59. The van der Waals surface area contributed by atoms with E-state index in [0.29, 0.717) is 16.8 Å². The second-order valence-electron chi connectivity index (χ2n) is 3.05. The number of anilines is 1. The minimum Gasteiger partial charge on any atom is -0.381 e. The molecule has 0 saturated carbocycles. The lowest BCUT2D eigenvalue weighted by Crippen LogP contribution is -2.02. The molecule has 4 nitrogen and oxygen atoms in total. The molecule has 1 aromatic heterocycles. The van der Waals surface area contributed by atoms with Crippen molar-refractivity contribution in [1.29, 1.82) is 0 Å². The molecule has 2 rings (SSSR count). The summed E-state index contributed by atoms with van der Waals surface area (Å²) in [4.78, 5) is 0. The predicted octanol–water partition coefficient (Wildman–Crippen LogP) is 1.81. The van der Waals surface area contributed by atoms with Gasteiger partial charge in [-0.25, -0.2) is 9.07 Å². The van der Waals surface area contributed by atoms with E-state index in [4.69, 9.17) is 5.73 Å². The van der Waals surface area contributed by atoms with Crippen molar-refractivity contribution in [2.75, 3.05) is 5.73 Å². The van der Waals surface area contributed by atoms with Gasteiger partial charge in [0.05, 0.1) is 17.2 Å². The number of aromatic nitrogens is 3. The summed E-state index contributed by atoms with van der Waals surface area (Å²) in [6, 6.07) is 4.85. The highest BCUT2D eigenvalue weighted by Crippen LogP contribution is 2.20. The smallest absolute Gasteiger partial charge is 0.165 e. The molecule has 0 bridgehead atoms. The van der Waals surface area contributed by atoms with Crippen molar-refractivity contribution in [1.82, 2.24) is 15.0 Å². The second-order valence-corrected chi connectivity index (χ2v) is 3.85. The lowest BCUT2D eigenvalue weighted by Gasteiger charge is -2.04. The van der Waals surface area contributed by atoms with Crippen molar-refractivity contribution in [2.24, 2.45) is 0 Å². The second kappa shape index (κ2) is 3.98. The van der Waals surface area contributed by atoms with Gasteiger partial charge >= 0.3 is 0 Å². The molecule has 0 saturated heterocycles. The zero-order chi connectivity index (χ0) is 10.8. The maximum Gasteiger partial charge on any atom is 0.165 e. The van der Waals surface area contributed by atoms with E-state index in [1.54, 1.807) is 16.9 Å². The zero-order valence-corrected chi connectivity index (χ0v) is 9.28. The van der Waals surface area contributed by atoms with Crippen molar-refractivity contribution in [3.05, 3.63) is 40.2 Å². The summed E-state index contributed by atoms with van der Waals surface area (Å²) >= 11 is 3.18. The van der Waals surface area contributed by atoms with Crippen LogP contribution in [0.3, 0.4) is 0 Å². The fourth-order valence-corrected chi connectivity index (χ4v) is 1.63. The van der Waals surface area contributed by atoms with Gasteiger partial charge in [-0.1, -0.05) is 17.3 Å². The summed E-state index contributed by atoms with van der Waals surface area (Å²) < 4.78 is 15.2. The van der Waals surface area contributed by atoms with Crippen LogP contribution in [-0.4, -0.2) is 15.0 Å². The quantitative estimate of drug-likeness (QED) is 0.906. The van der Waals surface area contributed by atoms with Gasteiger partial charge in [0.1, 0.15) is 5.82 Å². The fraction of sp³-hybridized carbons (Fsp3) is 0.111. The van der Waals surface area contributed by atoms with Crippen LogP contribution in [0.4, 0.5) is 10.2 Å². The number of hydrogen-bond donors (Lipinski definition) is 1. The number of benzene rings is 1. The van der Waals surface area contributed by atoms with Crippen molar-refractivity contribution in [3.63, 3.8) is 0 Å². The Kier molecular flexibility index (Phi) is 2.68. The number of hydrogen-bond acceptors (Lipinski definition) is 3. The number of nitrogen functional groups attached to an aromatic ring is 1. The molecular formula is C9H8BrFN4. The molecule has 0 radical (unpaired) electrons. The van der Waals surface area contributed by atoms with Crippen LogP contribution in [0.15, 0.2) is 28.9 Å². The zero-order valence-electron chi connectivity index (χ0n) is 7.69. The Hall–Kier alpha value is -1.43. The lowest BCUT2D eigenvalue weighted by molar-refractivity contribution is 0.606. The normalized spacial score (nSPS) is 10.5. The van der Waals surface area contributed by atoms with Gasteiger partial charge in [-0.2, -0.15) is 0 Å². The maximum absolute atomic E-state index is 13.2. The van der Waals surface area contributed by atoms with Gasteiger partial charge in [0.25, 0.3) is 0 Å². The monoisotopic (exact) mass is 270 g/mol. The number of halogens is 2. The van der Waals surface area contributed by atoms with Crippen LogP contribution in [0, 0.1) is 5.82 Å². The van der Waals surface area contributed by atoms with E-state index < -0.39 is 0 Å². The Morgan fingerprint density at radius 2 is 2.27 bits per heavy atom. The summed E-state index contributed by atoms with van der Waals surface area (Å²) in [5.41, 5.74) is 6.21. The summed E-state index contributed by atoms with van der Waals surface area (Å²) in [6.45, 7) is 0.433. The Morgan fingerprint density at radius 1 is 1.47 bits per heavy atom. The van der Waals surface area contributed by atoms with Crippen molar-refractivity contribution in [2.45, 2.75) is 6.54 Å². The molecule has 15 heavy (non-hydrogen) atoms.